The van der Waals surface area contributed by atoms with Crippen LogP contribution in [0.3, 0.4) is 0 Å². The molecule has 0 spiro atoms. The zero-order chi connectivity index (χ0) is 14.9. The number of hydrogen-bond donors (Lipinski definition) is 0. The summed E-state index contributed by atoms with van der Waals surface area (Å²) in [6, 6.07) is 25.7. The number of hydrogen-bond acceptors (Lipinski definition) is 1. The van der Waals surface area contributed by atoms with Gasteiger partial charge in [-0.15, -0.1) is 0 Å². The Morgan fingerprint density at radius 1 is 0.727 bits per heavy atom. The first-order valence-electron chi connectivity index (χ1n) is 7.19. The van der Waals surface area contributed by atoms with Crippen molar-refractivity contribution < 1.29 is 4.74 Å². The zero-order valence-corrected chi connectivity index (χ0v) is 12.8. The fourth-order valence-corrected chi connectivity index (χ4v) is 5.24. The lowest BCUT2D eigenvalue weighted by atomic mass is 10.2. The maximum Gasteiger partial charge on any atom is 0.187 e. The first-order chi connectivity index (χ1) is 10.9. The Hall–Kier alpha value is -2.58. The minimum absolute atomic E-state index is 0.0341. The highest BCUT2D eigenvalue weighted by Gasteiger charge is 2.22. The number of benzene rings is 3. The minimum atomic E-state index is -0.0341. The molecule has 1 aromatic heterocycles. The van der Waals surface area contributed by atoms with E-state index in [1.807, 2.05) is 12.1 Å². The lowest BCUT2D eigenvalue weighted by Crippen LogP contribution is -1.79. The molecule has 22 heavy (non-hydrogen) atoms. The van der Waals surface area contributed by atoms with Gasteiger partial charge in [0, 0.05) is 33.4 Å². The molecular weight excluding hydrogens is 288 g/mol. The summed E-state index contributed by atoms with van der Waals surface area (Å²) in [5, 5.41) is 2.71. The average molecular weight is 303 g/mol. The molecule has 0 aliphatic rings. The van der Waals surface area contributed by atoms with E-state index >= 15 is 0 Å². The van der Waals surface area contributed by atoms with Crippen molar-refractivity contribution in [3.8, 4) is 10.6 Å². The second kappa shape index (κ2) is 5.32. The molecule has 0 fully saturated rings. The molecule has 0 aliphatic carbocycles. The molecule has 0 saturated carbocycles. The highest BCUT2D eigenvalue weighted by atomic mass is 32.2. The molecular formula is C20H15OS+. The van der Waals surface area contributed by atoms with Crippen LogP contribution in [0.1, 0.15) is 0 Å². The molecule has 106 valence electrons. The second-order valence-corrected chi connectivity index (χ2v) is 7.02. The van der Waals surface area contributed by atoms with E-state index in [4.69, 9.17) is 4.74 Å². The van der Waals surface area contributed by atoms with Crippen LogP contribution in [-0.2, 0) is 0 Å². The highest BCUT2D eigenvalue weighted by molar-refractivity contribution is 7.50. The van der Waals surface area contributed by atoms with Gasteiger partial charge in [0.1, 0.15) is 5.75 Å². The van der Waals surface area contributed by atoms with Crippen LogP contribution in [0.25, 0.3) is 25.1 Å². The van der Waals surface area contributed by atoms with Gasteiger partial charge in [-0.05, 0) is 36.4 Å². The van der Waals surface area contributed by atoms with E-state index in [1.54, 1.807) is 0 Å². The molecule has 4 rings (SSSR count). The van der Waals surface area contributed by atoms with Gasteiger partial charge in [-0.3, -0.25) is 0 Å². The topological polar surface area (TPSA) is 9.23 Å². The summed E-state index contributed by atoms with van der Waals surface area (Å²) in [4.78, 5) is 1.31. The maximum absolute atomic E-state index is 5.33. The average Bonchev–Trinajstić information content (AvgIpc) is 2.91. The van der Waals surface area contributed by atoms with E-state index in [1.165, 1.54) is 31.3 Å². The van der Waals surface area contributed by atoms with Gasteiger partial charge in [0.2, 0.25) is 0 Å². The molecule has 0 unspecified atom stereocenters. The van der Waals surface area contributed by atoms with Crippen molar-refractivity contribution in [2.75, 3.05) is 0 Å². The van der Waals surface area contributed by atoms with Crippen LogP contribution in [0.4, 0.5) is 0 Å². The number of rotatable bonds is 3. The van der Waals surface area contributed by atoms with Crippen molar-refractivity contribution in [3.63, 3.8) is 0 Å². The molecule has 2 heteroatoms. The van der Waals surface area contributed by atoms with E-state index in [9.17, 15) is 0 Å². The third-order valence-corrected chi connectivity index (χ3v) is 6.12. The highest BCUT2D eigenvalue weighted by Crippen LogP contribution is 2.48. The normalized spacial score (nSPS) is 10.9. The predicted molar refractivity (Wildman–Crippen MR) is 96.1 cm³/mol. The molecule has 0 amide bonds. The smallest absolute Gasteiger partial charge is 0.187 e. The lowest BCUT2D eigenvalue weighted by Gasteiger charge is -1.98. The summed E-state index contributed by atoms with van der Waals surface area (Å²) in [6.45, 7) is 3.59. The molecule has 1 heterocycles. The van der Waals surface area contributed by atoms with Gasteiger partial charge in [0.05, 0.1) is 6.26 Å². The van der Waals surface area contributed by atoms with Crippen molar-refractivity contribution >= 4 is 30.6 Å². The largest absolute Gasteiger partial charge is 0.466 e. The SMILES string of the molecule is C=COc1ccc(-[s+]2c3ccccc3c3ccccc32)cc1. The molecule has 0 atom stereocenters. The maximum atomic E-state index is 5.33. The van der Waals surface area contributed by atoms with Crippen molar-refractivity contribution in [2.45, 2.75) is 0 Å². The van der Waals surface area contributed by atoms with Crippen LogP contribution in [0.15, 0.2) is 85.6 Å². The molecule has 4 aromatic rings. The zero-order valence-electron chi connectivity index (χ0n) is 12.0. The Labute approximate surface area is 132 Å². The monoisotopic (exact) mass is 303 g/mol. The van der Waals surface area contributed by atoms with Gasteiger partial charge in [-0.2, -0.15) is 0 Å². The molecule has 0 N–H and O–H groups in total. The minimum Gasteiger partial charge on any atom is -0.466 e. The van der Waals surface area contributed by atoms with Crippen LogP contribution in [0.2, 0.25) is 0 Å². The van der Waals surface area contributed by atoms with Gasteiger partial charge in [0.25, 0.3) is 0 Å². The standard InChI is InChI=1S/C20H15OS/c1-2-21-15-11-13-16(14-12-15)22-19-9-5-3-7-17(19)18-8-4-6-10-20(18)22/h2-14H,1H2/q+1. The number of thiophene rings is 1. The van der Waals surface area contributed by atoms with Crippen LogP contribution in [-0.4, -0.2) is 0 Å². The van der Waals surface area contributed by atoms with Gasteiger partial charge >= 0.3 is 0 Å². The molecule has 0 aliphatic heterocycles. The first kappa shape index (κ1) is 13.1. The first-order valence-corrected chi connectivity index (χ1v) is 8.41. The van der Waals surface area contributed by atoms with E-state index in [2.05, 4.69) is 67.2 Å². The Balaban J connectivity index is 2.01. The summed E-state index contributed by atoms with van der Waals surface area (Å²) >= 11 is 0. The lowest BCUT2D eigenvalue weighted by molar-refractivity contribution is 0.483. The van der Waals surface area contributed by atoms with Crippen molar-refractivity contribution in [1.82, 2.24) is 0 Å². The molecule has 3 aromatic carbocycles. The van der Waals surface area contributed by atoms with Crippen molar-refractivity contribution in [3.05, 3.63) is 85.6 Å². The second-order valence-electron chi connectivity index (χ2n) is 5.05. The molecule has 1 nitrogen and oxygen atoms in total. The fraction of sp³-hybridized carbons (Fsp3) is 0. The fourth-order valence-electron chi connectivity index (χ4n) is 2.86. The third-order valence-electron chi connectivity index (χ3n) is 3.78. The Morgan fingerprint density at radius 3 is 1.82 bits per heavy atom. The quantitative estimate of drug-likeness (QED) is 0.321. The number of fused-ring (bicyclic) bond motifs is 3. The Morgan fingerprint density at radius 2 is 1.27 bits per heavy atom. The molecule has 0 saturated heterocycles. The van der Waals surface area contributed by atoms with E-state index in [0.29, 0.717) is 0 Å². The van der Waals surface area contributed by atoms with Crippen LogP contribution in [0, 0.1) is 0 Å². The summed E-state index contributed by atoms with van der Waals surface area (Å²) in [6.07, 6.45) is 1.46. The van der Waals surface area contributed by atoms with Crippen LogP contribution < -0.4 is 4.74 Å². The van der Waals surface area contributed by atoms with Crippen molar-refractivity contribution in [2.24, 2.45) is 0 Å². The Bertz CT molecular complexity index is 911. The third kappa shape index (κ3) is 2.00. The van der Waals surface area contributed by atoms with Crippen LogP contribution >= 0.6 is 10.5 Å². The summed E-state index contributed by atoms with van der Waals surface area (Å²) in [5.74, 6) is 0.822. The van der Waals surface area contributed by atoms with E-state index in [-0.39, 0.29) is 10.5 Å². The molecule has 0 bridgehead atoms. The van der Waals surface area contributed by atoms with Gasteiger partial charge < -0.3 is 4.74 Å². The summed E-state index contributed by atoms with van der Waals surface area (Å²) in [7, 11) is -0.0341. The van der Waals surface area contributed by atoms with E-state index in [0.717, 1.165) is 5.75 Å². The summed E-state index contributed by atoms with van der Waals surface area (Å²) in [5.41, 5.74) is 0. The van der Waals surface area contributed by atoms with Gasteiger partial charge in [0.15, 0.2) is 14.3 Å². The van der Waals surface area contributed by atoms with Crippen LogP contribution in [0.5, 0.6) is 5.75 Å². The number of ether oxygens (including phenoxy) is 1. The summed E-state index contributed by atoms with van der Waals surface area (Å²) < 4.78 is 8.14. The molecule has 0 radical (unpaired) electrons. The van der Waals surface area contributed by atoms with Crippen molar-refractivity contribution in [1.29, 1.82) is 0 Å². The predicted octanol–water partition coefficient (Wildman–Crippen LogP) is 6.25. The van der Waals surface area contributed by atoms with E-state index < -0.39 is 0 Å². The Kier molecular flexibility index (Phi) is 3.17. The van der Waals surface area contributed by atoms with Gasteiger partial charge in [-0.1, -0.05) is 30.8 Å². The van der Waals surface area contributed by atoms with Gasteiger partial charge in [-0.25, -0.2) is 0 Å².